The van der Waals surface area contributed by atoms with Crippen LogP contribution in [0.15, 0.2) is 16.6 Å². The van der Waals surface area contributed by atoms with E-state index in [1.807, 2.05) is 12.1 Å². The number of hydrogen-bond acceptors (Lipinski definition) is 3. The Hall–Kier alpha value is -0.000000000000000111. The predicted octanol–water partition coefficient (Wildman–Crippen LogP) is 3.50. The minimum Gasteiger partial charge on any atom is -0.381 e. The molecule has 1 aromatic carbocycles. The molecule has 0 amide bonds. The van der Waals surface area contributed by atoms with Crippen molar-refractivity contribution in [2.75, 3.05) is 38.6 Å². The van der Waals surface area contributed by atoms with Gasteiger partial charge in [-0.15, -0.1) is 0 Å². The number of benzene rings is 1. The smallest absolute Gasteiger partial charge is 0.0874 e. The number of likely N-dealkylation sites (N-methyl/N-ethyl adjacent to an activating group) is 1. The third-order valence-electron chi connectivity index (χ3n) is 2.90. The van der Waals surface area contributed by atoms with E-state index in [4.69, 9.17) is 27.9 Å². The van der Waals surface area contributed by atoms with E-state index in [0.717, 1.165) is 36.4 Å². The number of nitrogens with one attached hydrogen (secondary N) is 1. The minimum atomic E-state index is 0.183. The second-order valence-corrected chi connectivity index (χ2v) is 5.97. The van der Waals surface area contributed by atoms with Gasteiger partial charge in [0.05, 0.1) is 28.4 Å². The van der Waals surface area contributed by atoms with Gasteiger partial charge in [0.25, 0.3) is 0 Å². The topological polar surface area (TPSA) is 24.5 Å². The Morgan fingerprint density at radius 2 is 2.22 bits per heavy atom. The number of hydrogen-bond donors (Lipinski definition) is 1. The van der Waals surface area contributed by atoms with Crippen LogP contribution < -0.4 is 5.32 Å². The molecule has 0 aromatic heterocycles. The summed E-state index contributed by atoms with van der Waals surface area (Å²) in [6.07, 6.45) is 0.183. The van der Waals surface area contributed by atoms with Crippen LogP contribution in [0.2, 0.25) is 10.0 Å². The van der Waals surface area contributed by atoms with Crippen molar-refractivity contribution in [1.29, 1.82) is 0 Å². The summed E-state index contributed by atoms with van der Waals surface area (Å²) in [4.78, 5) is 2.26. The van der Waals surface area contributed by atoms with E-state index >= 15 is 0 Å². The first-order chi connectivity index (χ1) is 8.58. The van der Waals surface area contributed by atoms with Crippen LogP contribution in [0.25, 0.3) is 0 Å². The van der Waals surface area contributed by atoms with E-state index in [9.17, 15) is 0 Å². The molecule has 1 atom stereocenters. The Morgan fingerprint density at radius 1 is 1.44 bits per heavy atom. The molecule has 0 spiro atoms. The molecule has 2 rings (SSSR count). The fourth-order valence-corrected chi connectivity index (χ4v) is 2.72. The second kappa shape index (κ2) is 6.44. The molecule has 1 fully saturated rings. The lowest BCUT2D eigenvalue weighted by atomic mass is 10.2. The highest BCUT2D eigenvalue weighted by Crippen LogP contribution is 2.35. The van der Waals surface area contributed by atoms with E-state index < -0.39 is 0 Å². The van der Waals surface area contributed by atoms with Crippen molar-refractivity contribution >= 4 is 44.8 Å². The molecular formula is C12H15BrCl2N2O. The van der Waals surface area contributed by atoms with Gasteiger partial charge in [-0.2, -0.15) is 0 Å². The fraction of sp³-hybridized carbons (Fsp3) is 0.500. The molecule has 1 aromatic rings. The van der Waals surface area contributed by atoms with Gasteiger partial charge in [-0.05, 0) is 35.1 Å². The van der Waals surface area contributed by atoms with Crippen molar-refractivity contribution in [3.63, 3.8) is 0 Å². The number of rotatable bonds is 3. The Balaban J connectivity index is 1.96. The van der Waals surface area contributed by atoms with Crippen molar-refractivity contribution in [2.45, 2.75) is 6.10 Å². The van der Waals surface area contributed by atoms with E-state index in [1.165, 1.54) is 0 Å². The minimum absolute atomic E-state index is 0.183. The van der Waals surface area contributed by atoms with E-state index in [2.05, 4.69) is 33.2 Å². The van der Waals surface area contributed by atoms with Crippen molar-refractivity contribution < 1.29 is 4.74 Å². The third-order valence-corrected chi connectivity index (χ3v) is 4.67. The van der Waals surface area contributed by atoms with Crippen LogP contribution >= 0.6 is 39.1 Å². The van der Waals surface area contributed by atoms with Gasteiger partial charge in [-0.25, -0.2) is 0 Å². The fourth-order valence-electron chi connectivity index (χ4n) is 1.88. The van der Waals surface area contributed by atoms with Crippen LogP contribution in [0, 0.1) is 0 Å². The number of anilines is 1. The number of ether oxygens (including phenoxy) is 1. The molecule has 1 heterocycles. The third kappa shape index (κ3) is 3.52. The van der Waals surface area contributed by atoms with Gasteiger partial charge in [0.2, 0.25) is 0 Å². The van der Waals surface area contributed by atoms with Crippen LogP contribution in [0.3, 0.4) is 0 Å². The molecule has 0 aliphatic carbocycles. The van der Waals surface area contributed by atoms with Gasteiger partial charge in [0.15, 0.2) is 0 Å². The number of nitrogens with zero attached hydrogens (tertiary/aromatic N) is 1. The summed E-state index contributed by atoms with van der Waals surface area (Å²) < 4.78 is 6.47. The van der Waals surface area contributed by atoms with Crippen LogP contribution in [-0.4, -0.2) is 44.3 Å². The first-order valence-corrected chi connectivity index (χ1v) is 7.30. The summed E-state index contributed by atoms with van der Waals surface area (Å²) in [5, 5.41) is 4.35. The van der Waals surface area contributed by atoms with Gasteiger partial charge >= 0.3 is 0 Å². The molecule has 1 aliphatic heterocycles. The van der Waals surface area contributed by atoms with Gasteiger partial charge in [-0.1, -0.05) is 23.2 Å². The largest absolute Gasteiger partial charge is 0.381 e. The number of halogens is 3. The van der Waals surface area contributed by atoms with Gasteiger partial charge < -0.3 is 15.0 Å². The zero-order chi connectivity index (χ0) is 13.1. The Morgan fingerprint density at radius 3 is 2.94 bits per heavy atom. The molecule has 0 bridgehead atoms. The monoisotopic (exact) mass is 352 g/mol. The highest BCUT2D eigenvalue weighted by molar-refractivity contribution is 9.10. The molecule has 1 saturated heterocycles. The highest BCUT2D eigenvalue weighted by Gasteiger charge is 2.18. The zero-order valence-electron chi connectivity index (χ0n) is 10.0. The van der Waals surface area contributed by atoms with Crippen LogP contribution in [-0.2, 0) is 4.74 Å². The summed E-state index contributed by atoms with van der Waals surface area (Å²) in [6.45, 7) is 3.41. The summed E-state index contributed by atoms with van der Waals surface area (Å²) in [6, 6.07) is 3.79. The van der Waals surface area contributed by atoms with Crippen molar-refractivity contribution in [3.8, 4) is 0 Å². The van der Waals surface area contributed by atoms with E-state index in [0.29, 0.717) is 10.0 Å². The molecular weight excluding hydrogens is 339 g/mol. The normalized spacial score (nSPS) is 21.0. The summed E-state index contributed by atoms with van der Waals surface area (Å²) >= 11 is 15.6. The first-order valence-electron chi connectivity index (χ1n) is 5.75. The van der Waals surface area contributed by atoms with Crippen LogP contribution in [0.5, 0.6) is 0 Å². The lowest BCUT2D eigenvalue weighted by molar-refractivity contribution is -0.0117. The highest BCUT2D eigenvalue weighted by atomic mass is 79.9. The van der Waals surface area contributed by atoms with Crippen molar-refractivity contribution in [1.82, 2.24) is 4.90 Å². The maximum absolute atomic E-state index is 6.17. The molecule has 0 radical (unpaired) electrons. The summed E-state index contributed by atoms with van der Waals surface area (Å²) in [7, 11) is 2.10. The van der Waals surface area contributed by atoms with Gasteiger partial charge in [-0.3, -0.25) is 0 Å². The SMILES string of the molecule is CN1CCOC(CNc2ccc(Br)c(Cl)c2Cl)C1. The molecule has 6 heteroatoms. The quantitative estimate of drug-likeness (QED) is 0.841. The van der Waals surface area contributed by atoms with Gasteiger partial charge in [0.1, 0.15) is 0 Å². The zero-order valence-corrected chi connectivity index (χ0v) is 13.1. The Bertz CT molecular complexity index is 431. The van der Waals surface area contributed by atoms with E-state index in [-0.39, 0.29) is 6.10 Å². The van der Waals surface area contributed by atoms with Crippen LogP contribution in [0.1, 0.15) is 0 Å². The number of morpholine rings is 1. The van der Waals surface area contributed by atoms with E-state index in [1.54, 1.807) is 0 Å². The molecule has 1 aliphatic rings. The summed E-state index contributed by atoms with van der Waals surface area (Å²) in [5.41, 5.74) is 0.835. The maximum atomic E-state index is 6.17. The molecule has 1 N–H and O–H groups in total. The standard InChI is InChI=1S/C12H15BrCl2N2O/c1-17-4-5-18-8(7-17)6-16-10-3-2-9(13)11(14)12(10)15/h2-3,8,16H,4-7H2,1H3. The molecule has 3 nitrogen and oxygen atoms in total. The average Bonchev–Trinajstić information content (AvgIpc) is 2.35. The lowest BCUT2D eigenvalue weighted by Crippen LogP contribution is -2.43. The Kier molecular flexibility index (Phi) is 5.15. The Labute approximate surface area is 126 Å². The van der Waals surface area contributed by atoms with Crippen LogP contribution in [0.4, 0.5) is 5.69 Å². The average molecular weight is 354 g/mol. The van der Waals surface area contributed by atoms with Crippen molar-refractivity contribution in [2.24, 2.45) is 0 Å². The summed E-state index contributed by atoms with van der Waals surface area (Å²) in [5.74, 6) is 0. The molecule has 0 saturated carbocycles. The molecule has 18 heavy (non-hydrogen) atoms. The lowest BCUT2D eigenvalue weighted by Gasteiger charge is -2.30. The molecule has 100 valence electrons. The van der Waals surface area contributed by atoms with Crippen molar-refractivity contribution in [3.05, 3.63) is 26.7 Å². The second-order valence-electron chi connectivity index (χ2n) is 4.36. The molecule has 1 unspecified atom stereocenters. The first kappa shape index (κ1) is 14.4. The maximum Gasteiger partial charge on any atom is 0.0874 e. The van der Waals surface area contributed by atoms with Gasteiger partial charge in [0, 0.05) is 24.1 Å². The predicted molar refractivity (Wildman–Crippen MR) is 79.9 cm³/mol.